The summed E-state index contributed by atoms with van der Waals surface area (Å²) in [5.41, 5.74) is 3.04. The van der Waals surface area contributed by atoms with Crippen LogP contribution in [0.2, 0.25) is 0 Å². The third-order valence-corrected chi connectivity index (χ3v) is 12.0. The number of imide groups is 1. The minimum Gasteiger partial charge on any atom is -0.372 e. The quantitative estimate of drug-likeness (QED) is 0.172. The lowest BCUT2D eigenvalue weighted by atomic mass is 9.83. The van der Waals surface area contributed by atoms with Crippen molar-refractivity contribution in [1.29, 1.82) is 0 Å². The second-order valence-electron chi connectivity index (χ2n) is 11.5. The zero-order chi connectivity index (χ0) is 32.8. The third-order valence-electron chi connectivity index (χ3n) is 8.85. The molecule has 0 radical (unpaired) electrons. The second kappa shape index (κ2) is 12.8. The smallest absolute Gasteiger partial charge is 0.308 e. The van der Waals surface area contributed by atoms with Gasteiger partial charge in [-0.1, -0.05) is 81.5 Å². The number of rotatable bonds is 8. The zero-order valence-electron chi connectivity index (χ0n) is 25.7. The standard InChI is InChI=1S/C36H31BrN4O4S2/c1-3-39(4-2)26-15-10-22(11-16-26)29-30-31(34(44)41(33(30)43)27-17-12-24(37)13-18-27)46-35-32(29)47-36(45)40(35)20-28(42)38-25-14-9-21-7-5-6-8-23(21)19-25/h5-19,29-31H,3-4,20H2,1-2H3,(H,38,42). The molecule has 1 N–H and O–H groups in total. The monoisotopic (exact) mass is 726 g/mol. The molecule has 238 valence electrons. The van der Waals surface area contributed by atoms with E-state index >= 15 is 0 Å². The lowest BCUT2D eigenvalue weighted by Crippen LogP contribution is -2.33. The van der Waals surface area contributed by atoms with E-state index in [-0.39, 0.29) is 29.1 Å². The van der Waals surface area contributed by atoms with E-state index in [2.05, 4.69) is 40.0 Å². The number of hydrogen-bond donors (Lipinski definition) is 1. The molecular weight excluding hydrogens is 696 g/mol. The van der Waals surface area contributed by atoms with Crippen LogP contribution in [-0.4, -0.2) is 40.6 Å². The minimum absolute atomic E-state index is 0.214. The number of anilines is 3. The molecule has 0 aliphatic carbocycles. The Labute approximate surface area is 288 Å². The summed E-state index contributed by atoms with van der Waals surface area (Å²) in [6.45, 7) is 5.69. The topological polar surface area (TPSA) is 91.7 Å². The maximum atomic E-state index is 14.2. The molecule has 1 fully saturated rings. The minimum atomic E-state index is -0.755. The highest BCUT2D eigenvalue weighted by Crippen LogP contribution is 2.54. The van der Waals surface area contributed by atoms with Gasteiger partial charge in [0.05, 0.1) is 16.6 Å². The number of nitrogens with zero attached hydrogens (tertiary/aromatic N) is 3. The highest BCUT2D eigenvalue weighted by Gasteiger charge is 2.56. The van der Waals surface area contributed by atoms with Gasteiger partial charge in [0, 0.05) is 39.7 Å². The number of carbonyl (C=O) groups excluding carboxylic acids is 3. The van der Waals surface area contributed by atoms with Gasteiger partial charge in [0.15, 0.2) is 0 Å². The van der Waals surface area contributed by atoms with Gasteiger partial charge in [-0.25, -0.2) is 4.90 Å². The van der Waals surface area contributed by atoms with Crippen molar-refractivity contribution in [3.8, 4) is 0 Å². The first kappa shape index (κ1) is 31.4. The molecular formula is C36H31BrN4O4S2. The van der Waals surface area contributed by atoms with Crippen molar-refractivity contribution in [3.05, 3.63) is 116 Å². The van der Waals surface area contributed by atoms with Gasteiger partial charge >= 0.3 is 4.87 Å². The van der Waals surface area contributed by atoms with Crippen LogP contribution in [0.3, 0.4) is 0 Å². The first-order valence-electron chi connectivity index (χ1n) is 15.4. The molecule has 7 rings (SSSR count). The first-order valence-corrected chi connectivity index (χ1v) is 17.9. The van der Waals surface area contributed by atoms with Gasteiger partial charge < -0.3 is 10.2 Å². The molecule has 0 saturated carbocycles. The number of nitrogens with one attached hydrogen (secondary N) is 1. The molecule has 0 spiro atoms. The van der Waals surface area contributed by atoms with Crippen LogP contribution < -0.4 is 20.0 Å². The fraction of sp³-hybridized carbons (Fsp3) is 0.222. The molecule has 3 unspecified atom stereocenters. The molecule has 3 amide bonds. The lowest BCUT2D eigenvalue weighted by molar-refractivity contribution is -0.122. The van der Waals surface area contributed by atoms with E-state index in [9.17, 15) is 19.2 Å². The summed E-state index contributed by atoms with van der Waals surface area (Å²) in [6.07, 6.45) is 0. The summed E-state index contributed by atoms with van der Waals surface area (Å²) in [5.74, 6) is -2.20. The number of halogens is 1. The van der Waals surface area contributed by atoms with Crippen molar-refractivity contribution in [2.75, 3.05) is 28.2 Å². The molecule has 5 aromatic rings. The van der Waals surface area contributed by atoms with Gasteiger partial charge in [-0.15, -0.1) is 0 Å². The van der Waals surface area contributed by atoms with Crippen molar-refractivity contribution in [3.63, 3.8) is 0 Å². The third kappa shape index (κ3) is 5.70. The molecule has 2 aliphatic rings. The predicted octanol–water partition coefficient (Wildman–Crippen LogP) is 7.11. The van der Waals surface area contributed by atoms with Crippen LogP contribution in [0, 0.1) is 5.92 Å². The number of carbonyl (C=O) groups is 3. The SMILES string of the molecule is CCN(CC)c1ccc(C2c3sc(=O)n(CC(=O)Nc4ccc5ccccc5c4)c3SC3C(=O)N(c4ccc(Br)cc4)C(=O)C32)cc1. The number of aromatic nitrogens is 1. The Hall–Kier alpha value is -4.19. The average molecular weight is 728 g/mol. The lowest BCUT2D eigenvalue weighted by Gasteiger charge is -2.31. The van der Waals surface area contributed by atoms with Gasteiger partial charge in [0.2, 0.25) is 17.7 Å². The predicted molar refractivity (Wildman–Crippen MR) is 193 cm³/mol. The first-order chi connectivity index (χ1) is 22.8. The highest BCUT2D eigenvalue weighted by molar-refractivity contribution is 9.10. The summed E-state index contributed by atoms with van der Waals surface area (Å²) in [4.78, 5) is 59.1. The molecule has 1 saturated heterocycles. The second-order valence-corrected chi connectivity index (χ2v) is 14.6. The van der Waals surface area contributed by atoms with Crippen LogP contribution in [0.1, 0.15) is 30.2 Å². The Balaban J connectivity index is 1.26. The van der Waals surface area contributed by atoms with E-state index in [1.165, 1.54) is 21.2 Å². The average Bonchev–Trinajstić information content (AvgIpc) is 3.52. The van der Waals surface area contributed by atoms with Gasteiger partial charge in [-0.3, -0.25) is 23.7 Å². The largest absolute Gasteiger partial charge is 0.372 e. The van der Waals surface area contributed by atoms with Crippen molar-refractivity contribution in [2.24, 2.45) is 5.92 Å². The number of hydrogen-bond acceptors (Lipinski definition) is 7. The van der Waals surface area contributed by atoms with Crippen molar-refractivity contribution in [2.45, 2.75) is 36.6 Å². The van der Waals surface area contributed by atoms with E-state index < -0.39 is 17.1 Å². The Morgan fingerprint density at radius 1 is 0.872 bits per heavy atom. The number of amides is 3. The molecule has 0 bridgehead atoms. The van der Waals surface area contributed by atoms with Crippen LogP contribution >= 0.6 is 39.0 Å². The fourth-order valence-electron chi connectivity index (χ4n) is 6.55. The molecule has 4 aromatic carbocycles. The number of fused-ring (bicyclic) bond motifs is 3. The highest BCUT2D eigenvalue weighted by atomic mass is 79.9. The van der Waals surface area contributed by atoms with E-state index in [0.29, 0.717) is 21.3 Å². The van der Waals surface area contributed by atoms with Crippen molar-refractivity contribution >= 4 is 84.6 Å². The van der Waals surface area contributed by atoms with Gasteiger partial charge in [-0.2, -0.15) is 0 Å². The van der Waals surface area contributed by atoms with Gasteiger partial charge in [0.1, 0.15) is 11.8 Å². The molecule has 47 heavy (non-hydrogen) atoms. The van der Waals surface area contributed by atoms with Gasteiger partial charge in [-0.05, 0) is 78.7 Å². The molecule has 1 aromatic heterocycles. The molecule has 8 nitrogen and oxygen atoms in total. The molecule has 3 atom stereocenters. The Morgan fingerprint density at radius 2 is 1.57 bits per heavy atom. The summed E-state index contributed by atoms with van der Waals surface area (Å²) >= 11 is 5.70. The van der Waals surface area contributed by atoms with E-state index in [1.807, 2.05) is 66.7 Å². The zero-order valence-corrected chi connectivity index (χ0v) is 28.9. The number of benzene rings is 4. The maximum absolute atomic E-state index is 14.2. The number of thioether (sulfide) groups is 1. The van der Waals surface area contributed by atoms with Crippen LogP contribution in [0.15, 0.2) is 105 Å². The summed E-state index contributed by atoms with van der Waals surface area (Å²) < 4.78 is 2.29. The maximum Gasteiger partial charge on any atom is 0.308 e. The van der Waals surface area contributed by atoms with Crippen LogP contribution in [0.25, 0.3) is 10.8 Å². The summed E-state index contributed by atoms with van der Waals surface area (Å²) in [6, 6.07) is 28.7. The Morgan fingerprint density at radius 3 is 2.28 bits per heavy atom. The van der Waals surface area contributed by atoms with Crippen LogP contribution in [0.5, 0.6) is 0 Å². The van der Waals surface area contributed by atoms with Gasteiger partial charge in [0.25, 0.3) is 0 Å². The molecule has 2 aliphatic heterocycles. The van der Waals surface area contributed by atoms with E-state index in [4.69, 9.17) is 0 Å². The molecule has 11 heteroatoms. The summed E-state index contributed by atoms with van der Waals surface area (Å²) in [7, 11) is 0. The fourth-order valence-corrected chi connectivity index (χ4v) is 9.59. The summed E-state index contributed by atoms with van der Waals surface area (Å²) in [5, 5.41) is 4.79. The number of thiazole rings is 1. The van der Waals surface area contributed by atoms with Crippen molar-refractivity contribution < 1.29 is 14.4 Å². The normalized spacial score (nSPS) is 18.7. The van der Waals surface area contributed by atoms with E-state index in [1.54, 1.807) is 24.3 Å². The Kier molecular flexibility index (Phi) is 8.54. The Bertz CT molecular complexity index is 2070. The van der Waals surface area contributed by atoms with Crippen LogP contribution in [0.4, 0.5) is 17.1 Å². The van der Waals surface area contributed by atoms with E-state index in [0.717, 1.165) is 50.9 Å². The van der Waals surface area contributed by atoms with Crippen molar-refractivity contribution in [1.82, 2.24) is 4.57 Å². The molecule has 3 heterocycles. The van der Waals surface area contributed by atoms with Crippen LogP contribution in [-0.2, 0) is 20.9 Å².